The molecule has 3 atom stereocenters. The van der Waals surface area contributed by atoms with Crippen LogP contribution in [0.4, 0.5) is 0 Å². The molecule has 44 heavy (non-hydrogen) atoms. The van der Waals surface area contributed by atoms with Crippen molar-refractivity contribution < 1.29 is 20.1 Å². The molecular formula is C39H73NO4. The normalized spacial score (nSPS) is 14.2. The third kappa shape index (κ3) is 30.6. The lowest BCUT2D eigenvalue weighted by Crippen LogP contribution is -2.45. The summed E-state index contributed by atoms with van der Waals surface area (Å²) in [4.78, 5) is 12.3. The van der Waals surface area contributed by atoms with Crippen LogP contribution in [0.3, 0.4) is 0 Å². The second-order valence-electron chi connectivity index (χ2n) is 12.8. The summed E-state index contributed by atoms with van der Waals surface area (Å²) in [7, 11) is 0. The van der Waals surface area contributed by atoms with E-state index in [0.717, 1.165) is 38.5 Å². The molecule has 0 aliphatic rings. The van der Waals surface area contributed by atoms with Gasteiger partial charge in [-0.3, -0.25) is 4.79 Å². The molecule has 0 saturated carbocycles. The van der Waals surface area contributed by atoms with Gasteiger partial charge in [-0.2, -0.15) is 0 Å². The number of unbranched alkanes of at least 4 members (excludes halogenated alkanes) is 21. The Kier molecular flexibility index (Phi) is 33.3. The zero-order valence-corrected chi connectivity index (χ0v) is 29.0. The van der Waals surface area contributed by atoms with Gasteiger partial charge in [0, 0.05) is 0 Å². The Balaban J connectivity index is 3.64. The van der Waals surface area contributed by atoms with Crippen LogP contribution in [0.15, 0.2) is 36.5 Å². The van der Waals surface area contributed by atoms with Crippen LogP contribution in [0.25, 0.3) is 0 Å². The molecule has 0 fully saturated rings. The van der Waals surface area contributed by atoms with Gasteiger partial charge in [-0.1, -0.05) is 172 Å². The Hall–Kier alpha value is -1.43. The van der Waals surface area contributed by atoms with Crippen LogP contribution in [0.1, 0.15) is 181 Å². The molecule has 5 heteroatoms. The first-order chi connectivity index (χ1) is 21.5. The molecule has 0 radical (unpaired) electrons. The smallest absolute Gasteiger partial charge is 0.222 e. The van der Waals surface area contributed by atoms with E-state index in [9.17, 15) is 20.1 Å². The molecule has 0 bridgehead atoms. The third-order valence-electron chi connectivity index (χ3n) is 8.50. The number of rotatable bonds is 33. The maximum Gasteiger partial charge on any atom is 0.222 e. The van der Waals surface area contributed by atoms with Crippen molar-refractivity contribution in [3.63, 3.8) is 0 Å². The first-order valence-corrected chi connectivity index (χ1v) is 18.7. The highest BCUT2D eigenvalue weighted by Gasteiger charge is 2.20. The van der Waals surface area contributed by atoms with E-state index in [1.165, 1.54) is 116 Å². The van der Waals surface area contributed by atoms with Crippen LogP contribution >= 0.6 is 0 Å². The molecular weight excluding hydrogens is 546 g/mol. The number of amides is 1. The molecule has 0 aromatic heterocycles. The maximum absolute atomic E-state index is 12.3. The first-order valence-electron chi connectivity index (χ1n) is 18.7. The lowest BCUT2D eigenvalue weighted by atomic mass is 10.0. The van der Waals surface area contributed by atoms with Gasteiger partial charge in [-0.25, -0.2) is 0 Å². The average molecular weight is 620 g/mol. The topological polar surface area (TPSA) is 89.8 Å². The molecule has 0 saturated heterocycles. The largest absolute Gasteiger partial charge is 0.394 e. The molecule has 0 aromatic rings. The van der Waals surface area contributed by atoms with Gasteiger partial charge >= 0.3 is 0 Å². The van der Waals surface area contributed by atoms with Gasteiger partial charge < -0.3 is 20.6 Å². The molecule has 1 amide bonds. The molecule has 258 valence electrons. The van der Waals surface area contributed by atoms with E-state index in [0.29, 0.717) is 6.42 Å². The van der Waals surface area contributed by atoms with E-state index in [1.807, 2.05) is 13.0 Å². The van der Waals surface area contributed by atoms with Crippen molar-refractivity contribution in [3.05, 3.63) is 36.5 Å². The van der Waals surface area contributed by atoms with E-state index in [-0.39, 0.29) is 18.9 Å². The fourth-order valence-corrected chi connectivity index (χ4v) is 5.61. The molecule has 0 aliphatic heterocycles. The number of aliphatic hydroxyl groups excluding tert-OH is 3. The SMILES string of the molecule is C/C=C/CC/C=C/CC/C=C/C(O)C(CO)NC(=O)CC(O)CCCCCCCCCCCCCCCCCCCCCC. The minimum atomic E-state index is -0.954. The molecule has 0 aromatic carbocycles. The minimum Gasteiger partial charge on any atom is -0.394 e. The van der Waals surface area contributed by atoms with Crippen molar-refractivity contribution >= 4 is 5.91 Å². The number of allylic oxidation sites excluding steroid dienone is 5. The van der Waals surface area contributed by atoms with Gasteiger partial charge in [0.25, 0.3) is 0 Å². The lowest BCUT2D eigenvalue weighted by molar-refractivity contribution is -0.124. The summed E-state index contributed by atoms with van der Waals surface area (Å²) in [5, 5.41) is 32.9. The predicted molar refractivity (Wildman–Crippen MR) is 190 cm³/mol. The Bertz CT molecular complexity index is 690. The van der Waals surface area contributed by atoms with E-state index >= 15 is 0 Å². The van der Waals surface area contributed by atoms with E-state index in [4.69, 9.17) is 0 Å². The van der Waals surface area contributed by atoms with Crippen molar-refractivity contribution in [2.75, 3.05) is 6.61 Å². The Morgan fingerprint density at radius 1 is 0.614 bits per heavy atom. The van der Waals surface area contributed by atoms with Crippen molar-refractivity contribution in [2.24, 2.45) is 0 Å². The molecule has 3 unspecified atom stereocenters. The monoisotopic (exact) mass is 620 g/mol. The molecule has 4 N–H and O–H groups in total. The van der Waals surface area contributed by atoms with Gasteiger partial charge in [-0.15, -0.1) is 0 Å². The standard InChI is InChI=1S/C39H73NO4/c1-3-5-7-9-11-13-14-15-16-17-18-19-20-21-22-23-25-26-28-30-32-36(42)34-39(44)40-37(35-41)38(43)33-31-29-27-24-12-10-8-6-4-2/h4,6,12,24,31,33,36-38,41-43H,3,5,7-11,13-23,25-30,32,34-35H2,1-2H3,(H,40,44)/b6-4+,24-12+,33-31+. The Morgan fingerprint density at radius 3 is 1.45 bits per heavy atom. The van der Waals surface area contributed by atoms with Crippen LogP contribution in [0, 0.1) is 0 Å². The summed E-state index contributed by atoms with van der Waals surface area (Å²) in [6.45, 7) is 3.95. The Labute approximate surface area is 273 Å². The zero-order chi connectivity index (χ0) is 32.4. The van der Waals surface area contributed by atoms with Crippen LogP contribution in [-0.2, 0) is 4.79 Å². The van der Waals surface area contributed by atoms with E-state index in [1.54, 1.807) is 6.08 Å². The average Bonchev–Trinajstić information content (AvgIpc) is 3.01. The summed E-state index contributed by atoms with van der Waals surface area (Å²) in [5.41, 5.74) is 0. The van der Waals surface area contributed by atoms with Gasteiger partial charge in [0.15, 0.2) is 0 Å². The number of carbonyl (C=O) groups excluding carboxylic acids is 1. The lowest BCUT2D eigenvalue weighted by Gasteiger charge is -2.21. The van der Waals surface area contributed by atoms with E-state index in [2.05, 4.69) is 36.5 Å². The minimum absolute atomic E-state index is 0.00404. The highest BCUT2D eigenvalue weighted by atomic mass is 16.3. The maximum atomic E-state index is 12.3. The zero-order valence-electron chi connectivity index (χ0n) is 29.0. The quantitative estimate of drug-likeness (QED) is 0.0435. The number of hydrogen-bond donors (Lipinski definition) is 4. The van der Waals surface area contributed by atoms with Crippen LogP contribution in [0.5, 0.6) is 0 Å². The highest BCUT2D eigenvalue weighted by Crippen LogP contribution is 2.15. The molecule has 0 heterocycles. The number of aliphatic hydroxyl groups is 3. The van der Waals surface area contributed by atoms with Crippen molar-refractivity contribution in [2.45, 2.75) is 199 Å². The summed E-state index contributed by atoms with van der Waals surface area (Å²) in [6, 6.07) is -0.762. The summed E-state index contributed by atoms with van der Waals surface area (Å²) in [6.07, 6.45) is 41.6. The van der Waals surface area contributed by atoms with Crippen molar-refractivity contribution in [3.8, 4) is 0 Å². The Morgan fingerprint density at radius 2 is 1.02 bits per heavy atom. The second kappa shape index (κ2) is 34.4. The summed E-state index contributed by atoms with van der Waals surface area (Å²) < 4.78 is 0. The third-order valence-corrected chi connectivity index (χ3v) is 8.50. The number of hydrogen-bond acceptors (Lipinski definition) is 4. The van der Waals surface area contributed by atoms with Crippen molar-refractivity contribution in [1.29, 1.82) is 0 Å². The highest BCUT2D eigenvalue weighted by molar-refractivity contribution is 5.76. The molecule has 5 nitrogen and oxygen atoms in total. The van der Waals surface area contributed by atoms with Gasteiger partial charge in [-0.05, 0) is 39.0 Å². The second-order valence-corrected chi connectivity index (χ2v) is 12.8. The molecule has 0 spiro atoms. The number of nitrogens with one attached hydrogen (secondary N) is 1. The predicted octanol–water partition coefficient (Wildman–Crippen LogP) is 10.0. The van der Waals surface area contributed by atoms with Gasteiger partial charge in [0.2, 0.25) is 5.91 Å². The van der Waals surface area contributed by atoms with Crippen molar-refractivity contribution in [1.82, 2.24) is 5.32 Å². The number of carbonyl (C=O) groups is 1. The first kappa shape index (κ1) is 42.6. The fourth-order valence-electron chi connectivity index (χ4n) is 5.61. The van der Waals surface area contributed by atoms with Gasteiger partial charge in [0.05, 0.1) is 31.3 Å². The molecule has 0 rings (SSSR count). The fraction of sp³-hybridized carbons (Fsp3) is 0.821. The van der Waals surface area contributed by atoms with Crippen LogP contribution < -0.4 is 5.32 Å². The summed E-state index contributed by atoms with van der Waals surface area (Å²) >= 11 is 0. The van der Waals surface area contributed by atoms with Gasteiger partial charge in [0.1, 0.15) is 0 Å². The molecule has 0 aliphatic carbocycles. The van der Waals surface area contributed by atoms with Crippen LogP contribution in [0.2, 0.25) is 0 Å². The summed E-state index contributed by atoms with van der Waals surface area (Å²) in [5.74, 6) is -0.332. The van der Waals surface area contributed by atoms with E-state index < -0.39 is 18.2 Å². The van der Waals surface area contributed by atoms with Crippen LogP contribution in [-0.4, -0.2) is 46.1 Å².